The van der Waals surface area contributed by atoms with Crippen molar-refractivity contribution < 1.29 is 14.6 Å². The second-order valence-corrected chi connectivity index (χ2v) is 4.15. The van der Waals surface area contributed by atoms with Crippen LogP contribution in [0.4, 0.5) is 0 Å². The van der Waals surface area contributed by atoms with Crippen molar-refractivity contribution in [3.63, 3.8) is 0 Å². The van der Waals surface area contributed by atoms with Crippen LogP contribution in [0, 0.1) is 13.8 Å². The summed E-state index contributed by atoms with van der Waals surface area (Å²) in [6, 6.07) is 5.56. The van der Waals surface area contributed by atoms with Gasteiger partial charge in [0.05, 0.1) is 12.2 Å². The van der Waals surface area contributed by atoms with Crippen molar-refractivity contribution >= 4 is 5.97 Å². The SMILES string of the molecule is CCCCCOOC(=O)c1cccc(C)c1C. The first-order valence-electron chi connectivity index (χ1n) is 6.06. The van der Waals surface area contributed by atoms with E-state index in [9.17, 15) is 4.79 Å². The third kappa shape index (κ3) is 4.19. The number of aryl methyl sites for hydroxylation is 1. The molecule has 3 nitrogen and oxygen atoms in total. The molecule has 0 heterocycles. The lowest BCUT2D eigenvalue weighted by atomic mass is 10.0. The van der Waals surface area contributed by atoms with Crippen LogP contribution in [0.2, 0.25) is 0 Å². The first kappa shape index (κ1) is 13.7. The molecule has 94 valence electrons. The smallest absolute Gasteiger partial charge is 0.293 e. The quantitative estimate of drug-likeness (QED) is 0.430. The highest BCUT2D eigenvalue weighted by molar-refractivity contribution is 5.90. The average molecular weight is 236 g/mol. The maximum absolute atomic E-state index is 11.7. The molecular formula is C14H20O3. The van der Waals surface area contributed by atoms with Gasteiger partial charge in [0.15, 0.2) is 0 Å². The highest BCUT2D eigenvalue weighted by Gasteiger charge is 2.12. The summed E-state index contributed by atoms with van der Waals surface area (Å²) >= 11 is 0. The lowest BCUT2D eigenvalue weighted by Gasteiger charge is -2.07. The van der Waals surface area contributed by atoms with E-state index in [1.165, 1.54) is 0 Å². The predicted octanol–water partition coefficient (Wildman–Crippen LogP) is 3.58. The first-order valence-corrected chi connectivity index (χ1v) is 6.06. The minimum Gasteiger partial charge on any atom is -0.293 e. The van der Waals surface area contributed by atoms with Crippen LogP contribution in [0.25, 0.3) is 0 Å². The van der Waals surface area contributed by atoms with E-state index in [-0.39, 0.29) is 0 Å². The van der Waals surface area contributed by atoms with E-state index in [1.54, 1.807) is 6.07 Å². The largest absolute Gasteiger partial charge is 0.373 e. The number of carbonyl (C=O) groups is 1. The fourth-order valence-electron chi connectivity index (χ4n) is 1.52. The molecule has 3 heteroatoms. The van der Waals surface area contributed by atoms with Crippen LogP contribution in [0.1, 0.15) is 47.7 Å². The molecule has 0 aliphatic heterocycles. The van der Waals surface area contributed by atoms with Gasteiger partial charge in [-0.1, -0.05) is 31.9 Å². The molecular weight excluding hydrogens is 216 g/mol. The Morgan fingerprint density at radius 2 is 2.00 bits per heavy atom. The second-order valence-electron chi connectivity index (χ2n) is 4.15. The van der Waals surface area contributed by atoms with Crippen LogP contribution < -0.4 is 0 Å². The monoisotopic (exact) mass is 236 g/mol. The van der Waals surface area contributed by atoms with Crippen molar-refractivity contribution in [2.75, 3.05) is 6.61 Å². The molecule has 0 amide bonds. The number of rotatable bonds is 6. The molecule has 0 fully saturated rings. The molecule has 0 atom stereocenters. The van der Waals surface area contributed by atoms with E-state index in [2.05, 4.69) is 6.92 Å². The minimum absolute atomic E-state index is 0.414. The van der Waals surface area contributed by atoms with Crippen molar-refractivity contribution in [1.29, 1.82) is 0 Å². The molecule has 1 aromatic rings. The zero-order valence-electron chi connectivity index (χ0n) is 10.8. The molecule has 0 unspecified atom stereocenters. The van der Waals surface area contributed by atoms with Crippen molar-refractivity contribution in [1.82, 2.24) is 0 Å². The molecule has 0 aromatic heterocycles. The molecule has 1 rings (SSSR count). The van der Waals surface area contributed by atoms with Gasteiger partial charge in [-0.2, -0.15) is 4.89 Å². The Morgan fingerprint density at radius 3 is 2.71 bits per heavy atom. The van der Waals surface area contributed by atoms with Crippen LogP contribution in [0.15, 0.2) is 18.2 Å². The third-order valence-electron chi connectivity index (χ3n) is 2.79. The molecule has 1 aromatic carbocycles. The van der Waals surface area contributed by atoms with Gasteiger partial charge in [0.25, 0.3) is 0 Å². The summed E-state index contributed by atoms with van der Waals surface area (Å²) in [6.07, 6.45) is 3.12. The van der Waals surface area contributed by atoms with Gasteiger partial charge in [-0.3, -0.25) is 4.89 Å². The molecule has 0 saturated carbocycles. The Bertz CT molecular complexity index is 372. The van der Waals surface area contributed by atoms with E-state index >= 15 is 0 Å². The van der Waals surface area contributed by atoms with Crippen LogP contribution in [0.3, 0.4) is 0 Å². The number of hydrogen-bond donors (Lipinski definition) is 0. The minimum atomic E-state index is -0.414. The van der Waals surface area contributed by atoms with Gasteiger partial charge in [-0.25, -0.2) is 4.79 Å². The Hall–Kier alpha value is -1.35. The van der Waals surface area contributed by atoms with Crippen molar-refractivity contribution in [2.45, 2.75) is 40.0 Å². The first-order chi connectivity index (χ1) is 8.16. The number of carbonyl (C=O) groups excluding carboxylic acids is 1. The maximum Gasteiger partial charge on any atom is 0.373 e. The predicted molar refractivity (Wildman–Crippen MR) is 66.8 cm³/mol. The lowest BCUT2D eigenvalue weighted by molar-refractivity contribution is -0.241. The number of unbranched alkanes of at least 4 members (excludes halogenated alkanes) is 2. The fraction of sp³-hybridized carbons (Fsp3) is 0.500. The highest BCUT2D eigenvalue weighted by Crippen LogP contribution is 2.13. The van der Waals surface area contributed by atoms with Gasteiger partial charge >= 0.3 is 5.97 Å². The molecule has 0 radical (unpaired) electrons. The summed E-state index contributed by atoms with van der Waals surface area (Å²) in [5, 5.41) is 0. The zero-order valence-corrected chi connectivity index (χ0v) is 10.8. The highest BCUT2D eigenvalue weighted by atomic mass is 17.2. The van der Waals surface area contributed by atoms with Gasteiger partial charge < -0.3 is 0 Å². The van der Waals surface area contributed by atoms with Crippen molar-refractivity contribution in [3.8, 4) is 0 Å². The summed E-state index contributed by atoms with van der Waals surface area (Å²) in [4.78, 5) is 21.4. The van der Waals surface area contributed by atoms with E-state index in [1.807, 2.05) is 26.0 Å². The Balaban J connectivity index is 2.44. The Morgan fingerprint density at radius 1 is 1.24 bits per heavy atom. The number of benzene rings is 1. The maximum atomic E-state index is 11.7. The summed E-state index contributed by atoms with van der Waals surface area (Å²) in [5.41, 5.74) is 2.58. The fourth-order valence-corrected chi connectivity index (χ4v) is 1.52. The molecule has 17 heavy (non-hydrogen) atoms. The standard InChI is InChI=1S/C14H20O3/c1-4-5-6-10-16-17-14(15)13-9-7-8-11(2)12(13)3/h7-9H,4-6,10H2,1-3H3. The zero-order chi connectivity index (χ0) is 12.7. The summed E-state index contributed by atoms with van der Waals surface area (Å²) in [6.45, 7) is 6.45. The van der Waals surface area contributed by atoms with Gasteiger partial charge in [0.2, 0.25) is 0 Å². The normalized spacial score (nSPS) is 10.3. The van der Waals surface area contributed by atoms with Crippen molar-refractivity contribution in [2.24, 2.45) is 0 Å². The number of hydrogen-bond acceptors (Lipinski definition) is 3. The van der Waals surface area contributed by atoms with Crippen LogP contribution in [-0.2, 0) is 9.78 Å². The molecule has 0 aliphatic carbocycles. The van der Waals surface area contributed by atoms with E-state index in [0.29, 0.717) is 12.2 Å². The van der Waals surface area contributed by atoms with Gasteiger partial charge in [0, 0.05) is 0 Å². The molecule has 0 bridgehead atoms. The molecule has 0 saturated heterocycles. The molecule has 0 N–H and O–H groups in total. The summed E-state index contributed by atoms with van der Waals surface area (Å²) in [7, 11) is 0. The summed E-state index contributed by atoms with van der Waals surface area (Å²) < 4.78 is 0. The van der Waals surface area contributed by atoms with Gasteiger partial charge in [0.1, 0.15) is 0 Å². The van der Waals surface area contributed by atoms with Crippen molar-refractivity contribution in [3.05, 3.63) is 34.9 Å². The topological polar surface area (TPSA) is 35.5 Å². The van der Waals surface area contributed by atoms with E-state index in [4.69, 9.17) is 9.78 Å². The Kier molecular flexibility index (Phi) is 5.70. The average Bonchev–Trinajstić information content (AvgIpc) is 2.32. The van der Waals surface area contributed by atoms with Crippen LogP contribution in [0.5, 0.6) is 0 Å². The third-order valence-corrected chi connectivity index (χ3v) is 2.79. The van der Waals surface area contributed by atoms with E-state index < -0.39 is 5.97 Å². The summed E-state index contributed by atoms with van der Waals surface area (Å²) in [5.74, 6) is -0.414. The lowest BCUT2D eigenvalue weighted by Crippen LogP contribution is -2.09. The van der Waals surface area contributed by atoms with Gasteiger partial charge in [-0.05, 0) is 37.5 Å². The molecule has 0 spiro atoms. The Labute approximate surface area is 103 Å². The second kappa shape index (κ2) is 7.07. The van der Waals surface area contributed by atoms with E-state index in [0.717, 1.165) is 30.4 Å². The van der Waals surface area contributed by atoms with Gasteiger partial charge in [-0.15, -0.1) is 0 Å². The van der Waals surface area contributed by atoms with Crippen LogP contribution >= 0.6 is 0 Å². The van der Waals surface area contributed by atoms with Crippen LogP contribution in [-0.4, -0.2) is 12.6 Å². The molecule has 0 aliphatic rings.